The molecule has 2 N–H and O–H groups in total. The summed E-state index contributed by atoms with van der Waals surface area (Å²) < 4.78 is 41.2. The van der Waals surface area contributed by atoms with Crippen molar-refractivity contribution in [1.82, 2.24) is 14.5 Å². The zero-order valence-electron chi connectivity index (χ0n) is 19.2. The predicted octanol–water partition coefficient (Wildman–Crippen LogP) is 5.52. The van der Waals surface area contributed by atoms with Crippen molar-refractivity contribution in [2.24, 2.45) is 0 Å². The van der Waals surface area contributed by atoms with Crippen molar-refractivity contribution in [3.63, 3.8) is 0 Å². The van der Waals surface area contributed by atoms with E-state index in [1.54, 1.807) is 24.3 Å². The summed E-state index contributed by atoms with van der Waals surface area (Å²) in [6.07, 6.45) is -4.63. The topological polar surface area (TPSA) is 123 Å². The number of nitrogens with zero attached hydrogens (tertiary/aromatic N) is 3. The third-order valence-electron chi connectivity index (χ3n) is 5.62. The second kappa shape index (κ2) is 9.67. The van der Waals surface area contributed by atoms with Crippen molar-refractivity contribution in [3.8, 4) is 5.69 Å². The number of alkyl halides is 3. The lowest BCUT2D eigenvalue weighted by Crippen LogP contribution is -2.23. The SMILES string of the molecule is O=C(CSc1nc2c([nH]c3ccccc32)c(=O)n1-c1cccc(C(F)(F)F)c1)Nc1ccc([N+](=O)[O-])cc1. The molecule has 0 radical (unpaired) electrons. The summed E-state index contributed by atoms with van der Waals surface area (Å²) in [7, 11) is 0. The van der Waals surface area contributed by atoms with Crippen molar-refractivity contribution in [2.75, 3.05) is 11.1 Å². The Labute approximate surface area is 215 Å². The van der Waals surface area contributed by atoms with Crippen LogP contribution in [-0.2, 0) is 11.0 Å². The van der Waals surface area contributed by atoms with Crippen molar-refractivity contribution in [2.45, 2.75) is 11.3 Å². The van der Waals surface area contributed by atoms with Gasteiger partial charge in [-0.3, -0.25) is 24.3 Å². The normalized spacial score (nSPS) is 11.7. The number of hydrogen-bond acceptors (Lipinski definition) is 6. The smallest absolute Gasteiger partial charge is 0.349 e. The molecule has 2 aromatic heterocycles. The Hall–Kier alpha value is -4.65. The van der Waals surface area contributed by atoms with E-state index in [9.17, 15) is 32.9 Å². The number of fused-ring (bicyclic) bond motifs is 3. The van der Waals surface area contributed by atoms with Gasteiger partial charge in [-0.15, -0.1) is 0 Å². The van der Waals surface area contributed by atoms with E-state index in [4.69, 9.17) is 0 Å². The van der Waals surface area contributed by atoms with Crippen LogP contribution in [0.5, 0.6) is 0 Å². The molecule has 0 saturated carbocycles. The Bertz CT molecular complexity index is 1760. The Balaban J connectivity index is 1.54. The number of thioether (sulfide) groups is 1. The maximum atomic E-state index is 13.5. The quantitative estimate of drug-likeness (QED) is 0.127. The molecule has 9 nitrogen and oxygen atoms in total. The van der Waals surface area contributed by atoms with E-state index in [0.717, 1.165) is 28.5 Å². The second-order valence-electron chi connectivity index (χ2n) is 8.12. The summed E-state index contributed by atoms with van der Waals surface area (Å²) in [5.74, 6) is -0.747. The van der Waals surface area contributed by atoms with Gasteiger partial charge in [0, 0.05) is 28.7 Å². The Morgan fingerprint density at radius 3 is 2.53 bits per heavy atom. The maximum Gasteiger partial charge on any atom is 0.416 e. The summed E-state index contributed by atoms with van der Waals surface area (Å²) in [5, 5.41) is 14.1. The highest BCUT2D eigenvalue weighted by Gasteiger charge is 2.31. The van der Waals surface area contributed by atoms with E-state index in [1.165, 1.54) is 36.4 Å². The number of anilines is 1. The molecule has 0 aliphatic carbocycles. The van der Waals surface area contributed by atoms with Crippen LogP contribution in [0.4, 0.5) is 24.5 Å². The molecule has 13 heteroatoms. The summed E-state index contributed by atoms with van der Waals surface area (Å²) in [6, 6.07) is 16.5. The summed E-state index contributed by atoms with van der Waals surface area (Å²) >= 11 is 0.868. The first-order valence-electron chi connectivity index (χ1n) is 11.0. The molecular formula is C25H16F3N5O4S. The number of nitrogens with one attached hydrogen (secondary N) is 2. The number of benzene rings is 3. The van der Waals surface area contributed by atoms with Gasteiger partial charge in [0.2, 0.25) is 5.91 Å². The van der Waals surface area contributed by atoms with Crippen LogP contribution in [0.1, 0.15) is 5.56 Å². The van der Waals surface area contributed by atoms with Gasteiger partial charge in [0.15, 0.2) is 5.16 Å². The molecule has 0 spiro atoms. The zero-order valence-corrected chi connectivity index (χ0v) is 20.0. The Kier molecular flexibility index (Phi) is 6.36. The van der Waals surface area contributed by atoms with Crippen LogP contribution in [0.25, 0.3) is 27.6 Å². The summed E-state index contributed by atoms with van der Waals surface area (Å²) in [6.45, 7) is 0. The lowest BCUT2D eigenvalue weighted by molar-refractivity contribution is -0.384. The molecule has 5 aromatic rings. The minimum Gasteiger partial charge on any atom is -0.349 e. The third-order valence-corrected chi connectivity index (χ3v) is 6.56. The van der Waals surface area contributed by atoms with Crippen LogP contribution < -0.4 is 10.9 Å². The molecule has 192 valence electrons. The molecule has 0 atom stereocenters. The van der Waals surface area contributed by atoms with E-state index in [0.29, 0.717) is 22.1 Å². The van der Waals surface area contributed by atoms with Crippen LogP contribution >= 0.6 is 11.8 Å². The monoisotopic (exact) mass is 539 g/mol. The number of aromatic amines is 1. The number of amides is 1. The van der Waals surface area contributed by atoms with E-state index in [1.807, 2.05) is 0 Å². The average Bonchev–Trinajstić information content (AvgIpc) is 3.26. The number of para-hydroxylation sites is 1. The van der Waals surface area contributed by atoms with Crippen LogP contribution in [0.3, 0.4) is 0 Å². The number of carbonyl (C=O) groups is 1. The molecule has 0 aliphatic heterocycles. The fourth-order valence-electron chi connectivity index (χ4n) is 3.88. The molecule has 0 bridgehead atoms. The number of hydrogen-bond donors (Lipinski definition) is 2. The van der Waals surface area contributed by atoms with Gasteiger partial charge >= 0.3 is 6.18 Å². The first-order chi connectivity index (χ1) is 18.1. The lowest BCUT2D eigenvalue weighted by atomic mass is 10.2. The van der Waals surface area contributed by atoms with Crippen LogP contribution in [-0.4, -0.2) is 31.1 Å². The van der Waals surface area contributed by atoms with Crippen LogP contribution in [0.15, 0.2) is 82.7 Å². The molecule has 38 heavy (non-hydrogen) atoms. The van der Waals surface area contributed by atoms with Gasteiger partial charge in [-0.25, -0.2) is 4.98 Å². The van der Waals surface area contributed by atoms with Crippen molar-refractivity contribution >= 4 is 51.0 Å². The van der Waals surface area contributed by atoms with Gasteiger partial charge in [-0.05, 0) is 36.4 Å². The van der Waals surface area contributed by atoms with E-state index in [-0.39, 0.29) is 27.8 Å². The standard InChI is InChI=1S/C25H16F3N5O4S/c26-25(27,28)14-4-3-5-17(12-14)32-23(35)22-21(18-6-1-2-7-19(18)30-22)31-24(32)38-13-20(34)29-15-8-10-16(11-9-15)33(36)37/h1-12,30H,13H2,(H,29,34). The lowest BCUT2D eigenvalue weighted by Gasteiger charge is -2.14. The molecule has 3 aromatic carbocycles. The molecule has 0 fully saturated rings. The van der Waals surface area contributed by atoms with E-state index in [2.05, 4.69) is 15.3 Å². The molecule has 0 unspecified atom stereocenters. The number of aromatic nitrogens is 3. The average molecular weight is 539 g/mol. The number of nitro benzene ring substituents is 1. The minimum absolute atomic E-state index is 0.0189. The van der Waals surface area contributed by atoms with Crippen molar-refractivity contribution < 1.29 is 22.9 Å². The molecule has 1 amide bonds. The van der Waals surface area contributed by atoms with Gasteiger partial charge in [0.05, 0.1) is 21.9 Å². The highest BCUT2D eigenvalue weighted by molar-refractivity contribution is 7.99. The number of rotatable bonds is 6. The predicted molar refractivity (Wildman–Crippen MR) is 137 cm³/mol. The van der Waals surface area contributed by atoms with Crippen molar-refractivity contribution in [3.05, 3.63) is 98.8 Å². The van der Waals surface area contributed by atoms with E-state index < -0.39 is 28.1 Å². The number of halogens is 3. The Morgan fingerprint density at radius 1 is 1.08 bits per heavy atom. The zero-order chi connectivity index (χ0) is 27.0. The number of non-ortho nitro benzene ring substituents is 1. The molecule has 2 heterocycles. The highest BCUT2D eigenvalue weighted by Crippen LogP contribution is 2.32. The van der Waals surface area contributed by atoms with Crippen LogP contribution in [0.2, 0.25) is 0 Å². The number of carbonyl (C=O) groups excluding carboxylic acids is 1. The van der Waals surface area contributed by atoms with Gasteiger partial charge in [0.25, 0.3) is 11.2 Å². The van der Waals surface area contributed by atoms with Crippen LogP contribution in [0, 0.1) is 10.1 Å². The third kappa shape index (κ3) is 4.83. The first-order valence-corrected chi connectivity index (χ1v) is 12.0. The molecule has 0 aliphatic rings. The fraction of sp³-hybridized carbons (Fsp3) is 0.0800. The second-order valence-corrected chi connectivity index (χ2v) is 9.06. The summed E-state index contributed by atoms with van der Waals surface area (Å²) in [4.78, 5) is 44.0. The molecule has 0 saturated heterocycles. The fourth-order valence-corrected chi connectivity index (χ4v) is 4.69. The summed E-state index contributed by atoms with van der Waals surface area (Å²) in [5.41, 5.74) is -0.378. The number of H-pyrrole nitrogens is 1. The van der Waals surface area contributed by atoms with Gasteiger partial charge in [0.1, 0.15) is 11.0 Å². The van der Waals surface area contributed by atoms with Gasteiger partial charge in [-0.1, -0.05) is 36.0 Å². The van der Waals surface area contributed by atoms with Gasteiger partial charge < -0.3 is 10.3 Å². The number of nitro groups is 1. The highest BCUT2D eigenvalue weighted by atomic mass is 32.2. The van der Waals surface area contributed by atoms with Gasteiger partial charge in [-0.2, -0.15) is 13.2 Å². The first kappa shape index (κ1) is 25.0. The maximum absolute atomic E-state index is 13.5. The Morgan fingerprint density at radius 2 is 1.82 bits per heavy atom. The largest absolute Gasteiger partial charge is 0.416 e. The van der Waals surface area contributed by atoms with Crippen molar-refractivity contribution in [1.29, 1.82) is 0 Å². The molecular weight excluding hydrogens is 523 g/mol. The van der Waals surface area contributed by atoms with E-state index >= 15 is 0 Å². The minimum atomic E-state index is -4.63. The molecule has 5 rings (SSSR count).